The molecule has 6 heterocycles. The van der Waals surface area contributed by atoms with Gasteiger partial charge in [0.05, 0.1) is 54.2 Å². The van der Waals surface area contributed by atoms with Crippen LogP contribution in [0.15, 0.2) is 42.5 Å². The number of pyridine rings is 1. The van der Waals surface area contributed by atoms with E-state index < -0.39 is 0 Å². The minimum Gasteiger partial charge on any atom is -0.379 e. The number of piperazine rings is 1. The summed E-state index contributed by atoms with van der Waals surface area (Å²) in [5.74, 6) is 0. The molecule has 3 fully saturated rings. The van der Waals surface area contributed by atoms with Crippen molar-refractivity contribution in [3.63, 3.8) is 0 Å². The van der Waals surface area contributed by atoms with E-state index in [0.717, 1.165) is 130 Å². The molecule has 0 N–H and O–H groups in total. The third-order valence-electron chi connectivity index (χ3n) is 10.3. The number of nitrogens with zero attached hydrogens (tertiary/aromatic N) is 7. The molecule has 0 unspecified atom stereocenters. The summed E-state index contributed by atoms with van der Waals surface area (Å²) in [7, 11) is 0. The van der Waals surface area contributed by atoms with Gasteiger partial charge in [-0.1, -0.05) is 18.2 Å². The normalized spacial score (nSPS) is 21.1. The van der Waals surface area contributed by atoms with E-state index in [1.54, 1.807) is 0 Å². The molecule has 0 saturated carbocycles. The van der Waals surface area contributed by atoms with Crippen molar-refractivity contribution in [2.45, 2.75) is 19.4 Å². The molecule has 2 aromatic carbocycles. The lowest BCUT2D eigenvalue weighted by Crippen LogP contribution is -2.49. The zero-order valence-corrected chi connectivity index (χ0v) is 26.1. The van der Waals surface area contributed by atoms with Gasteiger partial charge in [0.2, 0.25) is 0 Å². The zero-order valence-electron chi connectivity index (χ0n) is 26.1. The average molecular weight is 598 g/mol. The Morgan fingerprint density at radius 2 is 1.34 bits per heavy atom. The first-order valence-corrected chi connectivity index (χ1v) is 17.0. The molecule has 8 rings (SSSR count). The Bertz CT molecular complexity index is 1580. The second-order valence-corrected chi connectivity index (χ2v) is 13.0. The van der Waals surface area contributed by atoms with Gasteiger partial charge in [0.15, 0.2) is 0 Å². The average Bonchev–Trinajstić information content (AvgIpc) is 3.25. The summed E-state index contributed by atoms with van der Waals surface area (Å²) in [5.41, 5.74) is 7.64. The predicted molar refractivity (Wildman–Crippen MR) is 179 cm³/mol. The van der Waals surface area contributed by atoms with Gasteiger partial charge in [0.25, 0.3) is 0 Å². The van der Waals surface area contributed by atoms with Gasteiger partial charge < -0.3 is 23.8 Å². The molecule has 0 bridgehead atoms. The first kappa shape index (κ1) is 28.5. The van der Waals surface area contributed by atoms with E-state index in [1.807, 2.05) is 0 Å². The Morgan fingerprint density at radius 3 is 2.11 bits per heavy atom. The molecule has 9 nitrogen and oxygen atoms in total. The summed E-state index contributed by atoms with van der Waals surface area (Å²) in [5, 5.41) is 2.58. The molecule has 2 aromatic heterocycles. The van der Waals surface area contributed by atoms with Crippen molar-refractivity contribution in [2.24, 2.45) is 0 Å². The first-order chi connectivity index (χ1) is 21.8. The van der Waals surface area contributed by atoms with Crippen LogP contribution < -0.4 is 9.80 Å². The molecule has 4 aliphatic rings. The Hall–Kier alpha value is -2.95. The van der Waals surface area contributed by atoms with Crippen LogP contribution in [0.2, 0.25) is 0 Å². The van der Waals surface area contributed by atoms with Crippen LogP contribution in [0.1, 0.15) is 12.8 Å². The maximum absolute atomic E-state index is 5.58. The smallest absolute Gasteiger partial charge is 0.0989 e. The quantitative estimate of drug-likeness (QED) is 0.305. The fraction of sp³-hybridized carbons (Fsp3) is 0.571. The first-order valence-electron chi connectivity index (χ1n) is 17.0. The van der Waals surface area contributed by atoms with Crippen LogP contribution in [0.5, 0.6) is 0 Å². The molecule has 44 heavy (non-hydrogen) atoms. The molecule has 0 aliphatic carbocycles. The van der Waals surface area contributed by atoms with Crippen LogP contribution in [0.25, 0.3) is 32.8 Å². The topological polar surface area (TPSA) is 52.5 Å². The van der Waals surface area contributed by atoms with E-state index in [1.165, 1.54) is 45.1 Å². The van der Waals surface area contributed by atoms with Crippen LogP contribution in [-0.2, 0) is 16.0 Å². The predicted octanol–water partition coefficient (Wildman–Crippen LogP) is 3.73. The summed E-state index contributed by atoms with van der Waals surface area (Å²) in [6, 6.07) is 16.0. The number of hydrogen-bond donors (Lipinski definition) is 0. The highest BCUT2D eigenvalue weighted by Crippen LogP contribution is 2.42. The van der Waals surface area contributed by atoms with E-state index >= 15 is 0 Å². The Kier molecular flexibility index (Phi) is 8.30. The maximum atomic E-state index is 5.58. The van der Waals surface area contributed by atoms with Crippen LogP contribution in [-0.4, -0.2) is 136 Å². The van der Waals surface area contributed by atoms with Crippen LogP contribution in [0, 0.1) is 0 Å². The molecule has 3 saturated heterocycles. The van der Waals surface area contributed by atoms with Crippen molar-refractivity contribution >= 4 is 44.2 Å². The van der Waals surface area contributed by atoms with Crippen molar-refractivity contribution in [3.8, 4) is 0 Å². The SMILES string of the molecule is c1ccc2c3c4c(nc2c1)c1cc(N2CCN(CCN5CCOCC5)CC2)ccc1n4CCCN3CCCN1CCOCC1. The van der Waals surface area contributed by atoms with Gasteiger partial charge in [0.1, 0.15) is 0 Å². The highest BCUT2D eigenvalue weighted by molar-refractivity contribution is 6.17. The van der Waals surface area contributed by atoms with Crippen molar-refractivity contribution < 1.29 is 9.47 Å². The Balaban J connectivity index is 1.06. The fourth-order valence-corrected chi connectivity index (χ4v) is 7.85. The van der Waals surface area contributed by atoms with E-state index in [0.29, 0.717) is 0 Å². The summed E-state index contributed by atoms with van der Waals surface area (Å²) in [4.78, 5) is 18.4. The highest BCUT2D eigenvalue weighted by Gasteiger charge is 2.26. The second kappa shape index (κ2) is 12.8. The van der Waals surface area contributed by atoms with Crippen molar-refractivity contribution in [1.29, 1.82) is 0 Å². The molecular formula is C35H47N7O2. The van der Waals surface area contributed by atoms with Gasteiger partial charge in [-0.2, -0.15) is 0 Å². The van der Waals surface area contributed by atoms with Gasteiger partial charge in [-0.05, 0) is 37.1 Å². The molecule has 234 valence electrons. The monoisotopic (exact) mass is 597 g/mol. The molecule has 0 spiro atoms. The Labute approximate surface area is 260 Å². The van der Waals surface area contributed by atoms with Gasteiger partial charge >= 0.3 is 0 Å². The van der Waals surface area contributed by atoms with E-state index in [2.05, 4.69) is 71.5 Å². The van der Waals surface area contributed by atoms with Crippen molar-refractivity contribution in [3.05, 3.63) is 42.5 Å². The molecule has 0 amide bonds. The maximum Gasteiger partial charge on any atom is 0.0989 e. The summed E-state index contributed by atoms with van der Waals surface area (Å²) < 4.78 is 13.7. The summed E-state index contributed by atoms with van der Waals surface area (Å²) in [6.07, 6.45) is 2.31. The minimum atomic E-state index is 0.867. The van der Waals surface area contributed by atoms with Gasteiger partial charge in [-0.15, -0.1) is 0 Å². The molecular weight excluding hydrogens is 550 g/mol. The number of hydrogen-bond acceptors (Lipinski definition) is 8. The van der Waals surface area contributed by atoms with E-state index in [9.17, 15) is 0 Å². The third-order valence-corrected chi connectivity index (χ3v) is 10.3. The number of rotatable bonds is 8. The largest absolute Gasteiger partial charge is 0.379 e. The zero-order chi connectivity index (χ0) is 29.3. The molecule has 4 aliphatic heterocycles. The number of aromatic nitrogens is 2. The van der Waals surface area contributed by atoms with E-state index in [-0.39, 0.29) is 0 Å². The lowest BCUT2D eigenvalue weighted by molar-refractivity contribution is 0.0331. The number of morpholine rings is 2. The fourth-order valence-electron chi connectivity index (χ4n) is 7.85. The number of aryl methyl sites for hydroxylation is 1. The lowest BCUT2D eigenvalue weighted by Gasteiger charge is -2.37. The molecule has 0 atom stereocenters. The number of fused-ring (bicyclic) bond motifs is 5. The third kappa shape index (κ3) is 5.65. The van der Waals surface area contributed by atoms with Gasteiger partial charge in [0, 0.05) is 108 Å². The number of para-hydroxylation sites is 1. The van der Waals surface area contributed by atoms with Crippen LogP contribution in [0.4, 0.5) is 11.4 Å². The van der Waals surface area contributed by atoms with Crippen molar-refractivity contribution in [2.75, 3.05) is 121 Å². The Morgan fingerprint density at radius 1 is 0.636 bits per heavy atom. The lowest BCUT2D eigenvalue weighted by atomic mass is 10.1. The number of ether oxygens (including phenoxy) is 2. The van der Waals surface area contributed by atoms with Gasteiger partial charge in [-0.25, -0.2) is 4.98 Å². The second-order valence-electron chi connectivity index (χ2n) is 13.0. The van der Waals surface area contributed by atoms with Crippen LogP contribution >= 0.6 is 0 Å². The van der Waals surface area contributed by atoms with Crippen molar-refractivity contribution in [1.82, 2.24) is 24.3 Å². The molecule has 0 radical (unpaired) electrons. The number of benzene rings is 2. The number of anilines is 2. The summed E-state index contributed by atoms with van der Waals surface area (Å²) in [6.45, 7) is 18.8. The molecule has 9 heteroatoms. The van der Waals surface area contributed by atoms with E-state index in [4.69, 9.17) is 14.5 Å². The van der Waals surface area contributed by atoms with Gasteiger partial charge in [-0.3, -0.25) is 14.7 Å². The standard InChI is InChI=1S/C35H47N7O2/c1-2-6-31-29(5-1)34-35-33(36-31)30-27-28(40-17-15-38(16-18-40)13-14-39-21-25-44-26-22-39)7-8-32(30)42(35)12-4-11-41(34)10-3-9-37-19-23-43-24-20-37/h1-2,5-8,27H,3-4,9-26H2. The highest BCUT2D eigenvalue weighted by atomic mass is 16.5. The van der Waals surface area contributed by atoms with Crippen LogP contribution in [0.3, 0.4) is 0 Å². The molecule has 4 aromatic rings. The minimum absolute atomic E-state index is 0.867. The summed E-state index contributed by atoms with van der Waals surface area (Å²) >= 11 is 0.